The van der Waals surface area contributed by atoms with Crippen molar-refractivity contribution >= 4 is 17.3 Å². The molecule has 0 atom stereocenters. The number of para-hydroxylation sites is 1. The van der Waals surface area contributed by atoms with E-state index in [0.717, 1.165) is 25.0 Å². The van der Waals surface area contributed by atoms with Crippen LogP contribution in [0.1, 0.15) is 51.4 Å². The highest BCUT2D eigenvalue weighted by molar-refractivity contribution is 7.80. The SMILES string of the molecule is C=CCCCCCCCCC(=S)Oc1ccccc1. The average Bonchev–Trinajstić information content (AvgIpc) is 2.43. The van der Waals surface area contributed by atoms with Crippen molar-refractivity contribution in [3.05, 3.63) is 43.0 Å². The second-order valence-corrected chi connectivity index (χ2v) is 5.19. The van der Waals surface area contributed by atoms with E-state index in [1.54, 1.807) is 0 Å². The molecule has 0 fully saturated rings. The number of hydrogen-bond donors (Lipinski definition) is 0. The molecule has 0 aliphatic rings. The van der Waals surface area contributed by atoms with Crippen molar-refractivity contribution in [1.29, 1.82) is 0 Å². The Labute approximate surface area is 122 Å². The number of ether oxygens (including phenoxy) is 1. The van der Waals surface area contributed by atoms with Gasteiger partial charge in [-0.2, -0.15) is 0 Å². The molecule has 0 amide bonds. The summed E-state index contributed by atoms with van der Waals surface area (Å²) in [5.74, 6) is 0.844. The van der Waals surface area contributed by atoms with Gasteiger partial charge in [-0.3, -0.25) is 0 Å². The maximum Gasteiger partial charge on any atom is 0.167 e. The van der Waals surface area contributed by atoms with Gasteiger partial charge in [-0.15, -0.1) is 6.58 Å². The number of benzene rings is 1. The first kappa shape index (κ1) is 15.9. The van der Waals surface area contributed by atoms with Crippen LogP contribution < -0.4 is 4.74 Å². The largest absolute Gasteiger partial charge is 0.450 e. The predicted octanol–water partition coefficient (Wildman–Crippen LogP) is 5.70. The summed E-state index contributed by atoms with van der Waals surface area (Å²) in [6.07, 6.45) is 11.6. The van der Waals surface area contributed by atoms with E-state index in [1.807, 2.05) is 36.4 Å². The lowest BCUT2D eigenvalue weighted by Crippen LogP contribution is -2.04. The van der Waals surface area contributed by atoms with Crippen LogP contribution in [0, 0.1) is 0 Å². The van der Waals surface area contributed by atoms with Gasteiger partial charge >= 0.3 is 0 Å². The number of hydrogen-bond acceptors (Lipinski definition) is 2. The van der Waals surface area contributed by atoms with Gasteiger partial charge in [-0.05, 0) is 43.6 Å². The summed E-state index contributed by atoms with van der Waals surface area (Å²) in [5.41, 5.74) is 0. The molecule has 0 spiro atoms. The Morgan fingerprint density at radius 1 is 1.00 bits per heavy atom. The van der Waals surface area contributed by atoms with E-state index in [-0.39, 0.29) is 0 Å². The van der Waals surface area contributed by atoms with Gasteiger partial charge in [-0.1, -0.05) is 50.0 Å². The standard InChI is InChI=1S/C17H24OS/c1-2-3-4-5-6-7-8-12-15-17(19)18-16-13-10-9-11-14-16/h2,9-11,13-14H,1,3-8,12,15H2. The summed E-state index contributed by atoms with van der Waals surface area (Å²) >= 11 is 5.24. The highest BCUT2D eigenvalue weighted by Gasteiger charge is 2.00. The molecule has 0 bridgehead atoms. The molecule has 1 aromatic rings. The second-order valence-electron chi connectivity index (χ2n) is 4.74. The van der Waals surface area contributed by atoms with Gasteiger partial charge in [0.15, 0.2) is 5.05 Å². The van der Waals surface area contributed by atoms with Crippen LogP contribution in [0.5, 0.6) is 5.75 Å². The molecule has 1 rings (SSSR count). The maximum absolute atomic E-state index is 5.59. The van der Waals surface area contributed by atoms with Gasteiger partial charge in [0.25, 0.3) is 0 Å². The molecule has 0 unspecified atom stereocenters. The molecule has 0 saturated heterocycles. The van der Waals surface area contributed by atoms with E-state index in [4.69, 9.17) is 17.0 Å². The monoisotopic (exact) mass is 276 g/mol. The van der Waals surface area contributed by atoms with E-state index >= 15 is 0 Å². The Morgan fingerprint density at radius 3 is 2.32 bits per heavy atom. The zero-order valence-corrected chi connectivity index (χ0v) is 12.5. The topological polar surface area (TPSA) is 9.23 Å². The van der Waals surface area contributed by atoms with Crippen LogP contribution in [-0.4, -0.2) is 5.05 Å². The Kier molecular flexibility index (Phi) is 8.99. The Morgan fingerprint density at radius 2 is 1.63 bits per heavy atom. The first-order valence-electron chi connectivity index (χ1n) is 7.19. The molecule has 2 heteroatoms. The zero-order chi connectivity index (χ0) is 13.8. The number of thiocarbonyl (C=S) groups is 1. The lowest BCUT2D eigenvalue weighted by molar-refractivity contribution is 0.532. The molecule has 0 saturated carbocycles. The van der Waals surface area contributed by atoms with Crippen molar-refractivity contribution in [2.75, 3.05) is 0 Å². The quantitative estimate of drug-likeness (QED) is 0.308. The fourth-order valence-electron chi connectivity index (χ4n) is 1.94. The third kappa shape index (κ3) is 8.55. The second kappa shape index (κ2) is 10.7. The summed E-state index contributed by atoms with van der Waals surface area (Å²) in [7, 11) is 0. The van der Waals surface area contributed by atoms with Crippen LogP contribution in [0.15, 0.2) is 43.0 Å². The van der Waals surface area contributed by atoms with Crippen LogP contribution in [0.4, 0.5) is 0 Å². The molecular weight excluding hydrogens is 252 g/mol. The van der Waals surface area contributed by atoms with Crippen molar-refractivity contribution < 1.29 is 4.74 Å². The van der Waals surface area contributed by atoms with Crippen molar-refractivity contribution in [2.45, 2.75) is 51.4 Å². The normalized spacial score (nSPS) is 10.1. The Balaban J connectivity index is 1.97. The molecule has 0 heterocycles. The molecule has 0 aliphatic carbocycles. The summed E-state index contributed by atoms with van der Waals surface area (Å²) in [5, 5.41) is 0.706. The van der Waals surface area contributed by atoms with Crippen molar-refractivity contribution in [3.63, 3.8) is 0 Å². The minimum absolute atomic E-state index is 0.706. The lowest BCUT2D eigenvalue weighted by Gasteiger charge is -2.06. The molecule has 0 aliphatic heterocycles. The Hall–Kier alpha value is -1.15. The van der Waals surface area contributed by atoms with Crippen molar-refractivity contribution in [1.82, 2.24) is 0 Å². The third-order valence-electron chi connectivity index (χ3n) is 3.01. The number of rotatable bonds is 10. The molecule has 0 aromatic heterocycles. The lowest BCUT2D eigenvalue weighted by atomic mass is 10.1. The number of allylic oxidation sites excluding steroid dienone is 1. The summed E-state index contributed by atoms with van der Waals surface area (Å²) in [4.78, 5) is 0. The van der Waals surface area contributed by atoms with E-state index < -0.39 is 0 Å². The van der Waals surface area contributed by atoms with Gasteiger partial charge in [-0.25, -0.2) is 0 Å². The average molecular weight is 276 g/mol. The van der Waals surface area contributed by atoms with E-state index in [2.05, 4.69) is 6.58 Å². The van der Waals surface area contributed by atoms with Gasteiger partial charge in [0.1, 0.15) is 5.75 Å². The Bertz CT molecular complexity index is 359. The van der Waals surface area contributed by atoms with Crippen LogP contribution in [0.3, 0.4) is 0 Å². The van der Waals surface area contributed by atoms with Gasteiger partial charge in [0.2, 0.25) is 0 Å². The third-order valence-corrected chi connectivity index (χ3v) is 3.30. The van der Waals surface area contributed by atoms with Crippen LogP contribution in [0.25, 0.3) is 0 Å². The van der Waals surface area contributed by atoms with Gasteiger partial charge < -0.3 is 4.74 Å². The molecule has 0 radical (unpaired) electrons. The minimum Gasteiger partial charge on any atom is -0.450 e. The molecule has 1 aromatic carbocycles. The molecule has 0 N–H and O–H groups in total. The van der Waals surface area contributed by atoms with Crippen molar-refractivity contribution in [3.8, 4) is 5.75 Å². The molecule has 104 valence electrons. The predicted molar refractivity (Wildman–Crippen MR) is 86.8 cm³/mol. The van der Waals surface area contributed by atoms with Gasteiger partial charge in [0, 0.05) is 6.42 Å². The fraction of sp³-hybridized carbons (Fsp3) is 0.471. The summed E-state index contributed by atoms with van der Waals surface area (Å²) in [6, 6.07) is 9.77. The van der Waals surface area contributed by atoms with Crippen molar-refractivity contribution in [2.24, 2.45) is 0 Å². The van der Waals surface area contributed by atoms with Gasteiger partial charge in [0.05, 0.1) is 0 Å². The highest BCUT2D eigenvalue weighted by atomic mass is 32.1. The van der Waals surface area contributed by atoms with Crippen LogP contribution >= 0.6 is 12.2 Å². The minimum atomic E-state index is 0.706. The van der Waals surface area contributed by atoms with Crippen LogP contribution in [0.2, 0.25) is 0 Å². The van der Waals surface area contributed by atoms with E-state index in [9.17, 15) is 0 Å². The van der Waals surface area contributed by atoms with E-state index in [0.29, 0.717) is 5.05 Å². The smallest absolute Gasteiger partial charge is 0.167 e. The summed E-state index contributed by atoms with van der Waals surface area (Å²) in [6.45, 7) is 3.73. The zero-order valence-electron chi connectivity index (χ0n) is 11.6. The molecule has 1 nitrogen and oxygen atoms in total. The molecule has 19 heavy (non-hydrogen) atoms. The highest BCUT2D eigenvalue weighted by Crippen LogP contribution is 2.13. The fourth-order valence-corrected chi connectivity index (χ4v) is 2.18. The first-order chi connectivity index (χ1) is 9.33. The summed E-state index contributed by atoms with van der Waals surface area (Å²) < 4.78 is 5.59. The number of unbranched alkanes of at least 4 members (excludes halogenated alkanes) is 6. The van der Waals surface area contributed by atoms with E-state index in [1.165, 1.54) is 32.1 Å². The maximum atomic E-state index is 5.59. The van der Waals surface area contributed by atoms with Crippen LogP contribution in [-0.2, 0) is 0 Å². The molecular formula is C17H24OS. The first-order valence-corrected chi connectivity index (χ1v) is 7.60.